The van der Waals surface area contributed by atoms with Gasteiger partial charge in [-0.3, -0.25) is 0 Å². The summed E-state index contributed by atoms with van der Waals surface area (Å²) >= 11 is 3.44. The lowest BCUT2D eigenvalue weighted by molar-refractivity contribution is 0.0526. The molecule has 0 aliphatic rings. The highest BCUT2D eigenvalue weighted by atomic mass is 79.9. The fraction of sp³-hybridized carbons (Fsp3) is 0.150. The predicted octanol–water partition coefficient (Wildman–Crippen LogP) is 4.91. The van der Waals surface area contributed by atoms with Gasteiger partial charge in [-0.15, -0.1) is 0 Å². The molecule has 0 amide bonds. The van der Waals surface area contributed by atoms with E-state index in [1.165, 1.54) is 0 Å². The van der Waals surface area contributed by atoms with Crippen LogP contribution in [0.4, 0.5) is 23.1 Å². The molecule has 1 aromatic heterocycles. The highest BCUT2D eigenvalue weighted by molar-refractivity contribution is 9.10. The summed E-state index contributed by atoms with van der Waals surface area (Å²) in [5.41, 5.74) is 2.01. The van der Waals surface area contributed by atoms with E-state index in [0.29, 0.717) is 34.1 Å². The molecule has 28 heavy (non-hydrogen) atoms. The number of aromatic nitrogens is 2. The first-order valence-electron chi connectivity index (χ1n) is 8.57. The zero-order valence-electron chi connectivity index (χ0n) is 15.4. The number of rotatable bonds is 7. The van der Waals surface area contributed by atoms with Gasteiger partial charge in [0.25, 0.3) is 0 Å². The van der Waals surface area contributed by atoms with Crippen LogP contribution >= 0.6 is 15.9 Å². The molecule has 0 atom stereocenters. The van der Waals surface area contributed by atoms with Crippen LogP contribution in [0.25, 0.3) is 0 Å². The minimum absolute atomic E-state index is 0.328. The van der Waals surface area contributed by atoms with Gasteiger partial charge in [0.1, 0.15) is 11.6 Å². The minimum atomic E-state index is -0.366. The van der Waals surface area contributed by atoms with E-state index < -0.39 is 0 Å². The Balaban J connectivity index is 1.78. The molecule has 0 unspecified atom stereocenters. The van der Waals surface area contributed by atoms with Gasteiger partial charge in [0, 0.05) is 17.6 Å². The number of carbonyl (C=O) groups is 1. The van der Waals surface area contributed by atoms with Crippen LogP contribution in [0.15, 0.2) is 59.2 Å². The van der Waals surface area contributed by atoms with Crippen LogP contribution in [0.1, 0.15) is 17.3 Å². The molecule has 0 aliphatic heterocycles. The summed E-state index contributed by atoms with van der Waals surface area (Å²) in [5.74, 6) is 1.39. The molecule has 0 radical (unpaired) electrons. The van der Waals surface area contributed by atoms with E-state index in [1.807, 2.05) is 30.3 Å². The molecular formula is C20H19BrN4O3. The Morgan fingerprint density at radius 1 is 1.11 bits per heavy atom. The van der Waals surface area contributed by atoms with Gasteiger partial charge in [-0.05, 0) is 65.3 Å². The van der Waals surface area contributed by atoms with Gasteiger partial charge in [-0.25, -0.2) is 9.78 Å². The van der Waals surface area contributed by atoms with Crippen molar-refractivity contribution in [3.8, 4) is 5.75 Å². The topological polar surface area (TPSA) is 85.4 Å². The summed E-state index contributed by atoms with van der Waals surface area (Å²) in [6.07, 6.45) is 1.65. The summed E-state index contributed by atoms with van der Waals surface area (Å²) in [5, 5.41) is 6.33. The lowest BCUT2D eigenvalue weighted by Gasteiger charge is -2.11. The summed E-state index contributed by atoms with van der Waals surface area (Å²) < 4.78 is 10.9. The van der Waals surface area contributed by atoms with Crippen LogP contribution in [0.2, 0.25) is 0 Å². The lowest BCUT2D eigenvalue weighted by atomic mass is 10.2. The Hall–Kier alpha value is -3.13. The average molecular weight is 443 g/mol. The zero-order chi connectivity index (χ0) is 19.9. The second-order valence-corrected chi connectivity index (χ2v) is 6.52. The third-order valence-corrected chi connectivity index (χ3v) is 4.31. The predicted molar refractivity (Wildman–Crippen MR) is 112 cm³/mol. The van der Waals surface area contributed by atoms with Crippen LogP contribution in [-0.2, 0) is 4.74 Å². The van der Waals surface area contributed by atoms with Gasteiger partial charge in [-0.1, -0.05) is 6.07 Å². The molecule has 3 rings (SSSR count). The highest BCUT2D eigenvalue weighted by Crippen LogP contribution is 2.26. The number of halogens is 1. The van der Waals surface area contributed by atoms with Crippen LogP contribution in [0.5, 0.6) is 5.75 Å². The van der Waals surface area contributed by atoms with E-state index in [1.54, 1.807) is 38.4 Å². The zero-order valence-corrected chi connectivity index (χ0v) is 17.0. The highest BCUT2D eigenvalue weighted by Gasteiger charge is 2.10. The summed E-state index contributed by atoms with van der Waals surface area (Å²) in [7, 11) is 1.62. The fourth-order valence-electron chi connectivity index (χ4n) is 2.39. The first kappa shape index (κ1) is 19.6. The van der Waals surface area contributed by atoms with E-state index >= 15 is 0 Å². The third kappa shape index (κ3) is 4.98. The van der Waals surface area contributed by atoms with Crippen molar-refractivity contribution >= 4 is 45.0 Å². The molecule has 0 aliphatic carbocycles. The molecule has 144 valence electrons. The Kier molecular flexibility index (Phi) is 6.44. The Bertz CT molecular complexity index is 964. The molecule has 0 fully saturated rings. The van der Waals surface area contributed by atoms with Crippen LogP contribution in [0.3, 0.4) is 0 Å². The van der Waals surface area contributed by atoms with Crippen molar-refractivity contribution in [3.05, 3.63) is 64.8 Å². The second-order valence-electron chi connectivity index (χ2n) is 5.67. The molecule has 8 heteroatoms. The monoisotopic (exact) mass is 442 g/mol. The van der Waals surface area contributed by atoms with Crippen molar-refractivity contribution in [2.45, 2.75) is 6.92 Å². The number of anilines is 4. The number of ether oxygens (including phenoxy) is 2. The number of carbonyl (C=O) groups excluding carboxylic acids is 1. The second kappa shape index (κ2) is 9.18. The summed E-state index contributed by atoms with van der Waals surface area (Å²) in [6.45, 7) is 2.10. The van der Waals surface area contributed by atoms with Crippen molar-refractivity contribution in [2.75, 3.05) is 24.4 Å². The molecule has 0 saturated carbocycles. The van der Waals surface area contributed by atoms with Crippen molar-refractivity contribution in [1.82, 2.24) is 9.97 Å². The van der Waals surface area contributed by atoms with E-state index in [0.717, 1.165) is 11.4 Å². The first-order chi connectivity index (χ1) is 13.6. The largest absolute Gasteiger partial charge is 0.497 e. The molecular weight excluding hydrogens is 424 g/mol. The van der Waals surface area contributed by atoms with E-state index in [4.69, 9.17) is 9.47 Å². The van der Waals surface area contributed by atoms with Gasteiger partial charge in [-0.2, -0.15) is 4.98 Å². The number of hydrogen-bond donors (Lipinski definition) is 2. The van der Waals surface area contributed by atoms with Crippen LogP contribution < -0.4 is 15.4 Å². The normalized spacial score (nSPS) is 10.2. The number of hydrogen-bond acceptors (Lipinski definition) is 7. The number of methoxy groups -OCH3 is 1. The molecule has 1 heterocycles. The lowest BCUT2D eigenvalue weighted by Crippen LogP contribution is -2.05. The molecule has 2 aromatic carbocycles. The summed E-state index contributed by atoms with van der Waals surface area (Å²) in [4.78, 5) is 20.7. The molecule has 0 saturated heterocycles. The maximum atomic E-state index is 11.9. The quantitative estimate of drug-likeness (QED) is 0.502. The van der Waals surface area contributed by atoms with Crippen molar-refractivity contribution in [1.29, 1.82) is 0 Å². The minimum Gasteiger partial charge on any atom is -0.497 e. The first-order valence-corrected chi connectivity index (χ1v) is 9.36. The van der Waals surface area contributed by atoms with E-state index in [-0.39, 0.29) is 5.97 Å². The van der Waals surface area contributed by atoms with Gasteiger partial charge >= 0.3 is 5.97 Å². The Labute approximate surface area is 171 Å². The number of nitrogens with one attached hydrogen (secondary N) is 2. The smallest absolute Gasteiger partial charge is 0.338 e. The molecule has 3 aromatic rings. The van der Waals surface area contributed by atoms with Gasteiger partial charge in [0.05, 0.1) is 23.8 Å². The number of benzene rings is 2. The maximum absolute atomic E-state index is 11.9. The molecule has 0 bridgehead atoms. The Morgan fingerprint density at radius 3 is 2.61 bits per heavy atom. The van der Waals surface area contributed by atoms with Crippen molar-refractivity contribution in [3.63, 3.8) is 0 Å². The molecule has 0 spiro atoms. The third-order valence-electron chi connectivity index (χ3n) is 3.73. The van der Waals surface area contributed by atoms with Gasteiger partial charge in [0.15, 0.2) is 0 Å². The van der Waals surface area contributed by atoms with Crippen molar-refractivity contribution in [2.24, 2.45) is 0 Å². The fourth-order valence-corrected chi connectivity index (χ4v) is 2.68. The van der Waals surface area contributed by atoms with E-state index in [9.17, 15) is 4.79 Å². The number of nitrogens with zero attached hydrogens (tertiary/aromatic N) is 2. The Morgan fingerprint density at radius 2 is 1.89 bits per heavy atom. The van der Waals surface area contributed by atoms with Gasteiger partial charge in [0.2, 0.25) is 5.95 Å². The summed E-state index contributed by atoms with van der Waals surface area (Å²) in [6, 6.07) is 14.5. The average Bonchev–Trinajstić information content (AvgIpc) is 2.71. The number of esters is 1. The SMILES string of the molecule is CCOC(=O)c1cccc(Nc2nc(Nc3ccc(OC)cc3)ncc2Br)c1. The molecule has 2 N–H and O–H groups in total. The molecule has 7 nitrogen and oxygen atoms in total. The van der Waals surface area contributed by atoms with E-state index in [2.05, 4.69) is 36.5 Å². The maximum Gasteiger partial charge on any atom is 0.338 e. The van der Waals surface area contributed by atoms with Crippen molar-refractivity contribution < 1.29 is 14.3 Å². The van der Waals surface area contributed by atoms with Crippen LogP contribution in [0, 0.1) is 0 Å². The van der Waals surface area contributed by atoms with Crippen LogP contribution in [-0.4, -0.2) is 29.7 Å². The standard InChI is InChI=1S/C20H19BrN4O3/c1-3-28-19(26)13-5-4-6-15(11-13)23-18-17(21)12-22-20(25-18)24-14-7-9-16(27-2)10-8-14/h4-12H,3H2,1-2H3,(H2,22,23,24,25). The van der Waals surface area contributed by atoms with Gasteiger partial charge < -0.3 is 20.1 Å².